The van der Waals surface area contributed by atoms with Gasteiger partial charge in [-0.2, -0.15) is 0 Å². The van der Waals surface area contributed by atoms with Crippen LogP contribution in [0, 0.1) is 5.92 Å². The number of anilines is 1. The van der Waals surface area contributed by atoms with Crippen molar-refractivity contribution in [3.05, 3.63) is 35.4 Å². The molecule has 2 N–H and O–H groups in total. The summed E-state index contributed by atoms with van der Waals surface area (Å²) >= 11 is 0. The maximum Gasteiger partial charge on any atom is 0.328 e. The van der Waals surface area contributed by atoms with Crippen LogP contribution in [0.3, 0.4) is 0 Å². The lowest BCUT2D eigenvalue weighted by molar-refractivity contribution is -0.131. The fraction of sp³-hybridized carbons (Fsp3) is 0.412. The predicted molar refractivity (Wildman–Crippen MR) is 85.2 cm³/mol. The number of carbonyl (C=O) groups is 2. The van der Waals surface area contributed by atoms with Crippen molar-refractivity contribution in [3.8, 4) is 0 Å². The van der Waals surface area contributed by atoms with Gasteiger partial charge in [0.25, 0.3) is 0 Å². The summed E-state index contributed by atoms with van der Waals surface area (Å²) in [5.74, 6) is -0.899. The molecule has 0 aliphatic heterocycles. The number of hydrogen-bond acceptors (Lipinski definition) is 2. The Hall–Kier alpha value is -2.10. The van der Waals surface area contributed by atoms with Gasteiger partial charge in [0.2, 0.25) is 5.91 Å². The number of amides is 1. The van der Waals surface area contributed by atoms with Crippen LogP contribution in [0.25, 0.3) is 6.08 Å². The van der Waals surface area contributed by atoms with Gasteiger partial charge in [-0.1, -0.05) is 26.8 Å². The van der Waals surface area contributed by atoms with Gasteiger partial charge in [-0.15, -0.1) is 0 Å². The van der Waals surface area contributed by atoms with Crippen LogP contribution < -0.4 is 5.32 Å². The minimum Gasteiger partial charge on any atom is -0.478 e. The van der Waals surface area contributed by atoms with Crippen LogP contribution in [0.4, 0.5) is 5.69 Å². The second-order valence-electron chi connectivity index (χ2n) is 4.94. The SMILES string of the molecule is CCc1cc(/C=C/C(=O)O)ccc1NC(=O)C(CC)CC. The Morgan fingerprint density at radius 1 is 1.24 bits per heavy atom. The third kappa shape index (κ3) is 5.06. The summed E-state index contributed by atoms with van der Waals surface area (Å²) < 4.78 is 0. The van der Waals surface area contributed by atoms with E-state index in [1.165, 1.54) is 0 Å². The average molecular weight is 289 g/mol. The van der Waals surface area contributed by atoms with Crippen LogP contribution in [0.15, 0.2) is 24.3 Å². The molecule has 0 saturated carbocycles. The van der Waals surface area contributed by atoms with Crippen molar-refractivity contribution in [2.45, 2.75) is 40.0 Å². The van der Waals surface area contributed by atoms with E-state index in [1.54, 1.807) is 12.1 Å². The fourth-order valence-electron chi connectivity index (χ4n) is 2.19. The quantitative estimate of drug-likeness (QED) is 0.752. The van der Waals surface area contributed by atoms with Gasteiger partial charge in [-0.05, 0) is 48.6 Å². The van der Waals surface area contributed by atoms with E-state index in [9.17, 15) is 9.59 Å². The molecular formula is C17H23NO3. The maximum absolute atomic E-state index is 12.1. The third-order valence-electron chi connectivity index (χ3n) is 3.54. The topological polar surface area (TPSA) is 66.4 Å². The van der Waals surface area contributed by atoms with Crippen molar-refractivity contribution >= 4 is 23.6 Å². The number of nitrogens with one attached hydrogen (secondary N) is 1. The molecule has 21 heavy (non-hydrogen) atoms. The first-order valence-corrected chi connectivity index (χ1v) is 7.36. The van der Waals surface area contributed by atoms with Crippen molar-refractivity contribution < 1.29 is 14.7 Å². The lowest BCUT2D eigenvalue weighted by Gasteiger charge is -2.15. The van der Waals surface area contributed by atoms with E-state index in [0.717, 1.165) is 42.2 Å². The van der Waals surface area contributed by atoms with Crippen LogP contribution in [0.2, 0.25) is 0 Å². The van der Waals surface area contributed by atoms with E-state index in [2.05, 4.69) is 5.32 Å². The highest BCUT2D eigenvalue weighted by molar-refractivity contribution is 5.93. The monoisotopic (exact) mass is 289 g/mol. The number of rotatable bonds is 7. The zero-order chi connectivity index (χ0) is 15.8. The van der Waals surface area contributed by atoms with Crippen LogP contribution in [0.1, 0.15) is 44.7 Å². The third-order valence-corrected chi connectivity index (χ3v) is 3.54. The second kappa shape index (κ2) is 8.25. The summed E-state index contributed by atoms with van der Waals surface area (Å²) in [6, 6.07) is 5.55. The molecule has 0 aliphatic carbocycles. The molecule has 0 spiro atoms. The van der Waals surface area contributed by atoms with Gasteiger partial charge < -0.3 is 10.4 Å². The molecule has 4 nitrogen and oxygen atoms in total. The Kier molecular flexibility index (Phi) is 6.66. The van der Waals surface area contributed by atoms with Gasteiger partial charge in [0.05, 0.1) is 0 Å². The predicted octanol–water partition coefficient (Wildman–Crippen LogP) is 3.72. The Labute approximate surface area is 125 Å². The average Bonchev–Trinajstić information content (AvgIpc) is 2.47. The highest BCUT2D eigenvalue weighted by atomic mass is 16.4. The Balaban J connectivity index is 2.93. The first-order valence-electron chi connectivity index (χ1n) is 7.36. The van der Waals surface area contributed by atoms with Crippen molar-refractivity contribution in [1.82, 2.24) is 0 Å². The summed E-state index contributed by atoms with van der Waals surface area (Å²) in [7, 11) is 0. The minimum absolute atomic E-state index is 0.0290. The fourth-order valence-corrected chi connectivity index (χ4v) is 2.19. The molecule has 0 aliphatic rings. The first-order chi connectivity index (χ1) is 10.0. The molecule has 0 unspecified atom stereocenters. The van der Waals surface area contributed by atoms with Crippen molar-refractivity contribution in [2.24, 2.45) is 5.92 Å². The lowest BCUT2D eigenvalue weighted by Crippen LogP contribution is -2.22. The molecule has 0 aromatic heterocycles. The number of carboxylic acid groups (broad SMARTS) is 1. The molecule has 114 valence electrons. The zero-order valence-electron chi connectivity index (χ0n) is 12.8. The lowest BCUT2D eigenvalue weighted by atomic mass is 10.0. The largest absolute Gasteiger partial charge is 0.478 e. The molecule has 0 radical (unpaired) electrons. The zero-order valence-corrected chi connectivity index (χ0v) is 12.8. The number of carboxylic acids is 1. The van der Waals surface area contributed by atoms with E-state index in [1.807, 2.05) is 32.9 Å². The molecule has 0 atom stereocenters. The molecule has 1 aromatic carbocycles. The van der Waals surface area contributed by atoms with Crippen LogP contribution in [-0.2, 0) is 16.0 Å². The van der Waals surface area contributed by atoms with Crippen molar-refractivity contribution in [3.63, 3.8) is 0 Å². The number of benzene rings is 1. The molecule has 0 bridgehead atoms. The number of aliphatic carboxylic acids is 1. The number of hydrogen-bond donors (Lipinski definition) is 2. The molecule has 0 heterocycles. The summed E-state index contributed by atoms with van der Waals surface area (Å²) in [4.78, 5) is 22.7. The van der Waals surface area contributed by atoms with Gasteiger partial charge in [0.1, 0.15) is 0 Å². The molecule has 0 saturated heterocycles. The minimum atomic E-state index is -0.973. The first kappa shape index (κ1) is 17.0. The molecule has 1 rings (SSSR count). The summed E-state index contributed by atoms with van der Waals surface area (Å²) in [5.41, 5.74) is 2.62. The van der Waals surface area contributed by atoms with E-state index >= 15 is 0 Å². The van der Waals surface area contributed by atoms with Gasteiger partial charge >= 0.3 is 5.97 Å². The highest BCUT2D eigenvalue weighted by Gasteiger charge is 2.15. The Morgan fingerprint density at radius 2 is 1.90 bits per heavy atom. The normalized spacial score (nSPS) is 11.0. The van der Waals surface area contributed by atoms with Crippen LogP contribution in [-0.4, -0.2) is 17.0 Å². The van der Waals surface area contributed by atoms with Crippen molar-refractivity contribution in [2.75, 3.05) is 5.32 Å². The smallest absolute Gasteiger partial charge is 0.328 e. The number of aryl methyl sites for hydroxylation is 1. The highest BCUT2D eigenvalue weighted by Crippen LogP contribution is 2.21. The van der Waals surface area contributed by atoms with E-state index in [4.69, 9.17) is 5.11 Å². The summed E-state index contributed by atoms with van der Waals surface area (Å²) in [6.07, 6.45) is 5.07. The van der Waals surface area contributed by atoms with Crippen LogP contribution in [0.5, 0.6) is 0 Å². The standard InChI is InChI=1S/C17H23NO3/c1-4-13(5-2)17(21)18-15-9-7-12(8-10-16(19)20)11-14(15)6-3/h7-11,13H,4-6H2,1-3H3,(H,18,21)(H,19,20)/b10-8+. The van der Waals surface area contributed by atoms with E-state index in [-0.39, 0.29) is 11.8 Å². The summed E-state index contributed by atoms with van der Waals surface area (Å²) in [5, 5.41) is 11.6. The van der Waals surface area contributed by atoms with Crippen molar-refractivity contribution in [1.29, 1.82) is 0 Å². The van der Waals surface area contributed by atoms with E-state index in [0.29, 0.717) is 0 Å². The number of carbonyl (C=O) groups excluding carboxylic acids is 1. The van der Waals surface area contributed by atoms with Gasteiger partial charge in [0, 0.05) is 17.7 Å². The van der Waals surface area contributed by atoms with Gasteiger partial charge in [0.15, 0.2) is 0 Å². The molecule has 1 amide bonds. The Bertz CT molecular complexity index is 531. The molecule has 4 heteroatoms. The van der Waals surface area contributed by atoms with Gasteiger partial charge in [-0.25, -0.2) is 4.79 Å². The molecule has 0 fully saturated rings. The second-order valence-corrected chi connectivity index (χ2v) is 4.94. The van der Waals surface area contributed by atoms with Gasteiger partial charge in [-0.3, -0.25) is 4.79 Å². The van der Waals surface area contributed by atoms with E-state index < -0.39 is 5.97 Å². The summed E-state index contributed by atoms with van der Waals surface area (Å²) in [6.45, 7) is 6.02. The molecular weight excluding hydrogens is 266 g/mol. The maximum atomic E-state index is 12.1. The Morgan fingerprint density at radius 3 is 2.43 bits per heavy atom. The molecule has 1 aromatic rings. The van der Waals surface area contributed by atoms with Crippen LogP contribution >= 0.6 is 0 Å².